The molecule has 0 unspecified atom stereocenters. The van der Waals surface area contributed by atoms with Crippen LogP contribution in [0, 0.1) is 6.92 Å². The van der Waals surface area contributed by atoms with Gasteiger partial charge in [0.05, 0.1) is 15.9 Å². The standard InChI is InChI=1S/C13H17BrN4/c1-3-18-12(13(14)9(2)17-18)5-4-10-8-16-7-6-11(10)15/h6-8H,3-5H2,1-2H3,(H2,15,16). The molecular weight excluding hydrogens is 292 g/mol. The van der Waals surface area contributed by atoms with Gasteiger partial charge in [-0.25, -0.2) is 0 Å². The molecule has 0 aliphatic heterocycles. The van der Waals surface area contributed by atoms with Crippen molar-refractivity contribution in [3.05, 3.63) is 39.9 Å². The zero-order valence-corrected chi connectivity index (χ0v) is 12.2. The third-order valence-electron chi connectivity index (χ3n) is 3.03. The Balaban J connectivity index is 2.18. The highest BCUT2D eigenvalue weighted by molar-refractivity contribution is 9.10. The number of aryl methyl sites for hydroxylation is 3. The first-order valence-electron chi connectivity index (χ1n) is 6.03. The topological polar surface area (TPSA) is 56.7 Å². The highest BCUT2D eigenvalue weighted by Gasteiger charge is 2.12. The molecule has 2 aromatic heterocycles. The number of hydrogen-bond donors (Lipinski definition) is 1. The van der Waals surface area contributed by atoms with Crippen molar-refractivity contribution >= 4 is 21.6 Å². The molecule has 0 saturated carbocycles. The summed E-state index contributed by atoms with van der Waals surface area (Å²) in [6, 6.07) is 1.84. The summed E-state index contributed by atoms with van der Waals surface area (Å²) in [5.41, 5.74) is 10.1. The number of rotatable bonds is 4. The van der Waals surface area contributed by atoms with Crippen LogP contribution in [0.25, 0.3) is 0 Å². The van der Waals surface area contributed by atoms with Crippen LogP contribution in [0.3, 0.4) is 0 Å². The first-order chi connectivity index (χ1) is 8.63. The molecule has 96 valence electrons. The molecule has 2 aromatic rings. The summed E-state index contributed by atoms with van der Waals surface area (Å²) in [5, 5.41) is 4.49. The molecule has 0 radical (unpaired) electrons. The molecule has 0 spiro atoms. The second kappa shape index (κ2) is 5.52. The van der Waals surface area contributed by atoms with Crippen LogP contribution in [0.4, 0.5) is 5.69 Å². The van der Waals surface area contributed by atoms with Gasteiger partial charge in [-0.1, -0.05) is 0 Å². The molecule has 0 saturated heterocycles. The molecule has 0 aromatic carbocycles. The molecule has 0 aliphatic carbocycles. The minimum atomic E-state index is 0.806. The zero-order chi connectivity index (χ0) is 13.1. The van der Waals surface area contributed by atoms with E-state index in [0.29, 0.717) is 0 Å². The molecule has 0 bridgehead atoms. The highest BCUT2D eigenvalue weighted by Crippen LogP contribution is 2.23. The second-order valence-electron chi connectivity index (χ2n) is 4.24. The molecule has 5 heteroatoms. The molecule has 0 atom stereocenters. The number of anilines is 1. The van der Waals surface area contributed by atoms with Gasteiger partial charge in [0.2, 0.25) is 0 Å². The van der Waals surface area contributed by atoms with Crippen molar-refractivity contribution in [1.82, 2.24) is 14.8 Å². The minimum Gasteiger partial charge on any atom is -0.398 e. The Hall–Kier alpha value is -1.36. The summed E-state index contributed by atoms with van der Waals surface area (Å²) in [6.07, 6.45) is 5.34. The number of nitrogens with two attached hydrogens (primary N) is 1. The number of halogens is 1. The van der Waals surface area contributed by atoms with Gasteiger partial charge in [-0.2, -0.15) is 5.10 Å². The molecule has 2 rings (SSSR count). The average Bonchev–Trinajstić information content (AvgIpc) is 2.65. The summed E-state index contributed by atoms with van der Waals surface area (Å²) in [6.45, 7) is 4.99. The van der Waals surface area contributed by atoms with Gasteiger partial charge in [0.25, 0.3) is 0 Å². The Kier molecular flexibility index (Phi) is 4.01. The van der Waals surface area contributed by atoms with Crippen LogP contribution >= 0.6 is 15.9 Å². The smallest absolute Gasteiger partial charge is 0.0738 e. The van der Waals surface area contributed by atoms with Crippen LogP contribution in [-0.4, -0.2) is 14.8 Å². The molecule has 18 heavy (non-hydrogen) atoms. The predicted molar refractivity (Wildman–Crippen MR) is 76.4 cm³/mol. The maximum Gasteiger partial charge on any atom is 0.0738 e. The third-order valence-corrected chi connectivity index (χ3v) is 4.06. The van der Waals surface area contributed by atoms with Crippen LogP contribution in [0.1, 0.15) is 23.9 Å². The predicted octanol–water partition coefficient (Wildman–Crippen LogP) is 2.74. The quantitative estimate of drug-likeness (QED) is 0.945. The van der Waals surface area contributed by atoms with Gasteiger partial charge in [0, 0.05) is 24.6 Å². The minimum absolute atomic E-state index is 0.806. The van der Waals surface area contributed by atoms with E-state index in [2.05, 4.69) is 32.9 Å². The Morgan fingerprint density at radius 3 is 2.83 bits per heavy atom. The number of nitrogens with zero attached hydrogens (tertiary/aromatic N) is 3. The largest absolute Gasteiger partial charge is 0.398 e. The molecular formula is C13H17BrN4. The normalized spacial score (nSPS) is 10.8. The van der Waals surface area contributed by atoms with Crippen LogP contribution in [0.15, 0.2) is 22.9 Å². The van der Waals surface area contributed by atoms with Crippen LogP contribution < -0.4 is 5.73 Å². The van der Waals surface area contributed by atoms with Gasteiger partial charge in [-0.3, -0.25) is 9.67 Å². The molecule has 2 N–H and O–H groups in total. The first kappa shape index (κ1) is 13.1. The van der Waals surface area contributed by atoms with E-state index < -0.39 is 0 Å². The van der Waals surface area contributed by atoms with Crippen molar-refractivity contribution in [1.29, 1.82) is 0 Å². The molecule has 0 fully saturated rings. The van der Waals surface area contributed by atoms with E-state index in [9.17, 15) is 0 Å². The molecule has 0 aliphatic rings. The number of pyridine rings is 1. The van der Waals surface area contributed by atoms with Crippen molar-refractivity contribution in [3.63, 3.8) is 0 Å². The fourth-order valence-corrected chi connectivity index (χ4v) is 2.49. The summed E-state index contributed by atoms with van der Waals surface area (Å²) in [5.74, 6) is 0. The average molecular weight is 309 g/mol. The van der Waals surface area contributed by atoms with Crippen molar-refractivity contribution in [2.24, 2.45) is 0 Å². The Bertz CT molecular complexity index is 548. The fraction of sp³-hybridized carbons (Fsp3) is 0.385. The van der Waals surface area contributed by atoms with Crippen molar-refractivity contribution in [2.75, 3.05) is 5.73 Å². The van der Waals surface area contributed by atoms with Crippen molar-refractivity contribution in [2.45, 2.75) is 33.2 Å². The second-order valence-corrected chi connectivity index (χ2v) is 5.03. The Labute approximate surface area is 115 Å². The lowest BCUT2D eigenvalue weighted by Crippen LogP contribution is -2.05. The fourth-order valence-electron chi connectivity index (χ4n) is 2.01. The first-order valence-corrected chi connectivity index (χ1v) is 6.83. The molecule has 2 heterocycles. The van der Waals surface area contributed by atoms with Gasteiger partial charge >= 0.3 is 0 Å². The maximum atomic E-state index is 5.92. The van der Waals surface area contributed by atoms with E-state index in [-0.39, 0.29) is 0 Å². The van der Waals surface area contributed by atoms with Crippen LogP contribution in [0.5, 0.6) is 0 Å². The van der Waals surface area contributed by atoms with Gasteiger partial charge < -0.3 is 5.73 Å². The van der Waals surface area contributed by atoms with Crippen molar-refractivity contribution < 1.29 is 0 Å². The van der Waals surface area contributed by atoms with Crippen molar-refractivity contribution in [3.8, 4) is 0 Å². The lowest BCUT2D eigenvalue weighted by atomic mass is 10.1. The highest BCUT2D eigenvalue weighted by atomic mass is 79.9. The Morgan fingerprint density at radius 2 is 2.17 bits per heavy atom. The monoisotopic (exact) mass is 308 g/mol. The van der Waals surface area contributed by atoms with E-state index in [1.165, 1.54) is 5.69 Å². The summed E-state index contributed by atoms with van der Waals surface area (Å²) < 4.78 is 3.14. The number of nitrogen functional groups attached to an aromatic ring is 1. The zero-order valence-electron chi connectivity index (χ0n) is 10.7. The lowest BCUT2D eigenvalue weighted by molar-refractivity contribution is 0.613. The third kappa shape index (κ3) is 2.56. The van der Waals surface area contributed by atoms with E-state index in [4.69, 9.17) is 5.73 Å². The van der Waals surface area contributed by atoms with Gasteiger partial charge in [0.1, 0.15) is 0 Å². The molecule has 4 nitrogen and oxygen atoms in total. The van der Waals surface area contributed by atoms with E-state index in [0.717, 1.165) is 40.8 Å². The van der Waals surface area contributed by atoms with Gasteiger partial charge in [-0.05, 0) is 54.2 Å². The van der Waals surface area contributed by atoms with E-state index >= 15 is 0 Å². The Morgan fingerprint density at radius 1 is 1.39 bits per heavy atom. The number of aromatic nitrogens is 3. The SMILES string of the molecule is CCn1nc(C)c(Br)c1CCc1cnccc1N. The summed E-state index contributed by atoms with van der Waals surface area (Å²) in [4.78, 5) is 4.11. The maximum absolute atomic E-state index is 5.92. The molecule has 0 amide bonds. The lowest BCUT2D eigenvalue weighted by Gasteiger charge is -2.07. The summed E-state index contributed by atoms with van der Waals surface area (Å²) >= 11 is 3.60. The van der Waals surface area contributed by atoms with Crippen LogP contribution in [0.2, 0.25) is 0 Å². The van der Waals surface area contributed by atoms with E-state index in [1.54, 1.807) is 6.20 Å². The van der Waals surface area contributed by atoms with Gasteiger partial charge in [0.15, 0.2) is 0 Å². The summed E-state index contributed by atoms with van der Waals surface area (Å²) in [7, 11) is 0. The van der Waals surface area contributed by atoms with Gasteiger partial charge in [-0.15, -0.1) is 0 Å². The van der Waals surface area contributed by atoms with Crippen LogP contribution in [-0.2, 0) is 19.4 Å². The number of hydrogen-bond acceptors (Lipinski definition) is 3. The van der Waals surface area contributed by atoms with E-state index in [1.807, 2.05) is 23.9 Å².